The first kappa shape index (κ1) is 35.7. The molecule has 0 aromatic heterocycles. The van der Waals surface area contributed by atoms with Crippen LogP contribution in [0, 0.1) is 63.1 Å². The molecule has 5 aliphatic rings. The van der Waals surface area contributed by atoms with E-state index in [0.717, 1.165) is 32.1 Å². The van der Waals surface area contributed by atoms with Crippen LogP contribution in [0.3, 0.4) is 0 Å². The van der Waals surface area contributed by atoms with Gasteiger partial charge in [0.15, 0.2) is 17.7 Å². The Balaban J connectivity index is 1.44. The highest BCUT2D eigenvalue weighted by Gasteiger charge is 2.81. The van der Waals surface area contributed by atoms with Gasteiger partial charge in [-0.25, -0.2) is 0 Å². The number of fused-ring (bicyclic) bond motifs is 2. The highest BCUT2D eigenvalue weighted by Crippen LogP contribution is 2.87. The molecular formula is C38H57NO8. The topological polar surface area (TPSA) is 116 Å². The molecule has 0 amide bonds. The lowest BCUT2D eigenvalue weighted by atomic mass is 9.43. The van der Waals surface area contributed by atoms with Crippen molar-refractivity contribution < 1.29 is 38.2 Å². The summed E-state index contributed by atoms with van der Waals surface area (Å²) in [6.45, 7) is 15.5. The van der Waals surface area contributed by atoms with Crippen LogP contribution in [0.4, 0.5) is 0 Å². The highest BCUT2D eigenvalue weighted by molar-refractivity contribution is 5.93. The van der Waals surface area contributed by atoms with Gasteiger partial charge in [-0.1, -0.05) is 47.6 Å². The van der Waals surface area contributed by atoms with Crippen LogP contribution in [-0.4, -0.2) is 73.8 Å². The van der Waals surface area contributed by atoms with Crippen LogP contribution in [-0.2, 0) is 38.2 Å². The van der Waals surface area contributed by atoms with E-state index in [9.17, 15) is 24.0 Å². The summed E-state index contributed by atoms with van der Waals surface area (Å²) in [4.78, 5) is 66.0. The van der Waals surface area contributed by atoms with E-state index in [0.29, 0.717) is 18.3 Å². The number of rotatable bonds is 11. The van der Waals surface area contributed by atoms with Crippen molar-refractivity contribution in [1.82, 2.24) is 4.90 Å². The molecule has 0 N–H and O–H groups in total. The molecule has 0 aromatic carbocycles. The van der Waals surface area contributed by atoms with Crippen LogP contribution in [0.25, 0.3) is 0 Å². The summed E-state index contributed by atoms with van der Waals surface area (Å²) in [6.07, 6.45) is 8.43. The molecule has 4 saturated carbocycles. The van der Waals surface area contributed by atoms with Gasteiger partial charge < -0.3 is 14.2 Å². The third-order valence-corrected chi connectivity index (χ3v) is 14.2. The van der Waals surface area contributed by atoms with Gasteiger partial charge >= 0.3 is 17.9 Å². The van der Waals surface area contributed by atoms with Gasteiger partial charge in [0.2, 0.25) is 0 Å². The van der Waals surface area contributed by atoms with E-state index >= 15 is 0 Å². The van der Waals surface area contributed by atoms with Crippen LogP contribution in [0.2, 0.25) is 0 Å². The normalized spacial score (nSPS) is 40.9. The SMILES string of the molecule is CC(=O)OC1CC2(C)C3CCC4C(C)C(=O)C=CC45CC35CCC2(C)C1C(C)C(OC(C)=O)C(=O)C(C)C(C)COC(=O)CN(C)C. The Labute approximate surface area is 280 Å². The Kier molecular flexibility index (Phi) is 9.43. The lowest BCUT2D eigenvalue weighted by Gasteiger charge is -2.61. The molecule has 0 radical (unpaired) electrons. The van der Waals surface area contributed by atoms with Gasteiger partial charge in [0.25, 0.3) is 0 Å². The zero-order valence-electron chi connectivity index (χ0n) is 30.2. The second-order valence-electron chi connectivity index (χ2n) is 16.8. The minimum atomic E-state index is -1.03. The fourth-order valence-corrected chi connectivity index (χ4v) is 11.6. The van der Waals surface area contributed by atoms with Crippen molar-refractivity contribution in [1.29, 1.82) is 0 Å². The first-order valence-corrected chi connectivity index (χ1v) is 17.8. The highest BCUT2D eigenvalue weighted by atomic mass is 16.6. The fraction of sp³-hybridized carbons (Fsp3) is 0.816. The van der Waals surface area contributed by atoms with Crippen molar-refractivity contribution in [2.24, 2.45) is 63.1 Å². The lowest BCUT2D eigenvalue weighted by Crippen LogP contribution is -2.56. The van der Waals surface area contributed by atoms with E-state index in [2.05, 4.69) is 26.8 Å². The molecule has 0 aliphatic heterocycles. The molecule has 47 heavy (non-hydrogen) atoms. The Morgan fingerprint density at radius 2 is 1.68 bits per heavy atom. The number of ketones is 2. The van der Waals surface area contributed by atoms with E-state index in [1.807, 2.05) is 19.9 Å². The molecule has 9 nitrogen and oxygen atoms in total. The number of likely N-dealkylation sites (N-methyl/N-ethyl adjacent to an activating group) is 1. The largest absolute Gasteiger partial charge is 0.464 e. The van der Waals surface area contributed by atoms with Gasteiger partial charge in [-0.2, -0.15) is 0 Å². The van der Waals surface area contributed by atoms with Crippen molar-refractivity contribution in [2.75, 3.05) is 27.2 Å². The van der Waals surface area contributed by atoms with E-state index in [4.69, 9.17) is 14.2 Å². The van der Waals surface area contributed by atoms with E-state index < -0.39 is 30.0 Å². The first-order valence-electron chi connectivity index (χ1n) is 17.8. The van der Waals surface area contributed by atoms with Gasteiger partial charge in [0.05, 0.1) is 13.2 Å². The molecule has 0 heterocycles. The zero-order chi connectivity index (χ0) is 34.9. The third-order valence-electron chi connectivity index (χ3n) is 14.2. The number of Topliss-reactive ketones (excluding diaryl/α,β-unsaturated/α-hetero) is 1. The van der Waals surface area contributed by atoms with Crippen molar-refractivity contribution in [3.8, 4) is 0 Å². The quantitative estimate of drug-likeness (QED) is 0.212. The maximum absolute atomic E-state index is 14.2. The van der Waals surface area contributed by atoms with E-state index in [1.54, 1.807) is 25.9 Å². The van der Waals surface area contributed by atoms with Crippen LogP contribution < -0.4 is 0 Å². The Hall–Kier alpha value is -2.55. The summed E-state index contributed by atoms with van der Waals surface area (Å²) in [5.74, 6) is -1.85. The van der Waals surface area contributed by atoms with Crippen LogP contribution in [0.5, 0.6) is 0 Å². The lowest BCUT2D eigenvalue weighted by molar-refractivity contribution is -0.169. The van der Waals surface area contributed by atoms with Crippen LogP contribution in [0.15, 0.2) is 12.2 Å². The Morgan fingerprint density at radius 3 is 2.30 bits per heavy atom. The molecule has 5 aliphatic carbocycles. The fourth-order valence-electron chi connectivity index (χ4n) is 11.6. The number of carbonyl (C=O) groups excluding carboxylic acids is 5. The molecule has 9 heteroatoms. The summed E-state index contributed by atoms with van der Waals surface area (Å²) in [7, 11) is 3.57. The number of allylic oxidation sites excluding steroid dienone is 2. The maximum atomic E-state index is 14.2. The number of carbonyl (C=O) groups is 5. The van der Waals surface area contributed by atoms with Gasteiger partial charge in [0.1, 0.15) is 6.10 Å². The van der Waals surface area contributed by atoms with Gasteiger partial charge in [-0.05, 0) is 98.1 Å². The number of esters is 3. The van der Waals surface area contributed by atoms with Crippen molar-refractivity contribution >= 4 is 29.5 Å². The summed E-state index contributed by atoms with van der Waals surface area (Å²) in [5, 5.41) is 0. The predicted octanol–water partition coefficient (Wildman–Crippen LogP) is 5.44. The van der Waals surface area contributed by atoms with Gasteiger partial charge in [-0.15, -0.1) is 0 Å². The molecule has 4 fully saturated rings. The second-order valence-corrected chi connectivity index (χ2v) is 16.8. The molecule has 5 rings (SSSR count). The molecule has 262 valence electrons. The maximum Gasteiger partial charge on any atom is 0.320 e. The standard InChI is InChI=1S/C38H57NO8/c1-21(19-45-31(43)18-39(9)10)22(2)33(44)34(47-26(6)41)24(4)32-29(46-25(5)40)17-36(8)30-12-11-27-23(3)28(42)13-14-37(27)20-38(30,37)16-15-35(32,36)7/h13-14,21-24,27,29-30,32,34H,11-12,15-20H2,1-10H3. The van der Waals surface area contributed by atoms with Crippen molar-refractivity contribution in [2.45, 2.75) is 106 Å². The number of hydrogen-bond donors (Lipinski definition) is 0. The number of ether oxygens (including phenoxy) is 3. The first-order chi connectivity index (χ1) is 21.8. The van der Waals surface area contributed by atoms with Crippen LogP contribution in [0.1, 0.15) is 93.9 Å². The summed E-state index contributed by atoms with van der Waals surface area (Å²) >= 11 is 0. The zero-order valence-corrected chi connectivity index (χ0v) is 30.2. The monoisotopic (exact) mass is 655 g/mol. The van der Waals surface area contributed by atoms with Crippen molar-refractivity contribution in [3.05, 3.63) is 12.2 Å². The van der Waals surface area contributed by atoms with E-state index in [-0.39, 0.29) is 76.1 Å². The molecule has 0 saturated heterocycles. The molecule has 13 unspecified atom stereocenters. The molecule has 0 aromatic rings. The van der Waals surface area contributed by atoms with Crippen LogP contribution >= 0.6 is 0 Å². The molecule has 2 spiro atoms. The minimum absolute atomic E-state index is 0.0444. The molecular weight excluding hydrogens is 598 g/mol. The predicted molar refractivity (Wildman–Crippen MR) is 176 cm³/mol. The smallest absolute Gasteiger partial charge is 0.320 e. The number of hydrogen-bond acceptors (Lipinski definition) is 9. The summed E-state index contributed by atoms with van der Waals surface area (Å²) in [5.41, 5.74) is -0.269. The molecule has 0 bridgehead atoms. The summed E-state index contributed by atoms with van der Waals surface area (Å²) in [6, 6.07) is 0. The van der Waals surface area contributed by atoms with E-state index in [1.165, 1.54) is 13.8 Å². The average molecular weight is 656 g/mol. The Bertz CT molecular complexity index is 1340. The minimum Gasteiger partial charge on any atom is -0.464 e. The second kappa shape index (κ2) is 12.4. The molecule has 13 atom stereocenters. The van der Waals surface area contributed by atoms with Gasteiger partial charge in [-0.3, -0.25) is 28.9 Å². The average Bonchev–Trinajstić information content (AvgIpc) is 3.59. The van der Waals surface area contributed by atoms with Crippen molar-refractivity contribution in [3.63, 3.8) is 0 Å². The Morgan fingerprint density at radius 1 is 1.00 bits per heavy atom. The third kappa shape index (κ3) is 5.60. The van der Waals surface area contributed by atoms with Gasteiger partial charge in [0, 0.05) is 37.5 Å². The number of nitrogens with zero attached hydrogens (tertiary/aromatic N) is 1. The summed E-state index contributed by atoms with van der Waals surface area (Å²) < 4.78 is 17.5.